The second-order valence-corrected chi connectivity index (χ2v) is 20.7. The minimum absolute atomic E-state index is 0.113. The van der Waals surface area contributed by atoms with Crippen LogP contribution in [0.25, 0.3) is 88.0 Å². The summed E-state index contributed by atoms with van der Waals surface area (Å²) in [4.78, 5) is 2.61. The molecule has 0 N–H and O–H groups in total. The zero-order valence-electron chi connectivity index (χ0n) is 41.1. The van der Waals surface area contributed by atoms with Crippen molar-refractivity contribution in [1.29, 1.82) is 0 Å². The molecule has 2 aliphatic heterocycles. The van der Waals surface area contributed by atoms with E-state index < -0.39 is 0 Å². The molecule has 0 unspecified atom stereocenters. The summed E-state index contributed by atoms with van der Waals surface area (Å²) in [6.07, 6.45) is 0. The van der Waals surface area contributed by atoms with E-state index in [1.807, 2.05) is 0 Å². The highest BCUT2D eigenvalue weighted by atomic mass is 16.5. The third kappa shape index (κ3) is 6.95. The molecule has 344 valence electrons. The van der Waals surface area contributed by atoms with Crippen molar-refractivity contribution in [2.45, 2.75) is 26.2 Å². The first kappa shape index (κ1) is 42.9. The van der Waals surface area contributed by atoms with Gasteiger partial charge in [0, 0.05) is 22.5 Å². The summed E-state index contributed by atoms with van der Waals surface area (Å²) in [5.41, 5.74) is 19.9. The fourth-order valence-corrected chi connectivity index (χ4v) is 12.0. The lowest BCUT2D eigenvalue weighted by Crippen LogP contribution is -2.59. The molecular formula is C70H50BNO. The van der Waals surface area contributed by atoms with Crippen LogP contribution in [-0.4, -0.2) is 6.71 Å². The van der Waals surface area contributed by atoms with Crippen molar-refractivity contribution in [3.8, 4) is 67.1 Å². The Morgan fingerprint density at radius 1 is 0.356 bits per heavy atom. The van der Waals surface area contributed by atoms with Crippen molar-refractivity contribution in [3.05, 3.63) is 254 Å². The Labute approximate surface area is 427 Å². The second-order valence-electron chi connectivity index (χ2n) is 20.7. The molecule has 0 fully saturated rings. The number of benzene rings is 12. The molecule has 0 radical (unpaired) electrons. The molecule has 0 bridgehead atoms. The van der Waals surface area contributed by atoms with Gasteiger partial charge in [-0.2, -0.15) is 0 Å². The van der Waals surface area contributed by atoms with E-state index >= 15 is 0 Å². The Balaban J connectivity index is 1.11. The zero-order valence-corrected chi connectivity index (χ0v) is 41.1. The molecule has 2 heterocycles. The van der Waals surface area contributed by atoms with Crippen LogP contribution in [0.5, 0.6) is 11.5 Å². The van der Waals surface area contributed by atoms with Crippen molar-refractivity contribution in [1.82, 2.24) is 0 Å². The van der Waals surface area contributed by atoms with E-state index in [2.05, 4.69) is 274 Å². The minimum Gasteiger partial charge on any atom is -0.458 e. The molecule has 0 saturated heterocycles. The lowest BCUT2D eigenvalue weighted by molar-refractivity contribution is 0.483. The molecular weight excluding hydrogens is 882 g/mol. The molecule has 3 heteroatoms. The third-order valence-electron chi connectivity index (χ3n) is 15.5. The molecule has 0 spiro atoms. The highest BCUT2D eigenvalue weighted by molar-refractivity contribution is 6.99. The lowest BCUT2D eigenvalue weighted by atomic mass is 9.34. The summed E-state index contributed by atoms with van der Waals surface area (Å²) in [6.45, 7) is 6.82. The second kappa shape index (κ2) is 16.9. The van der Waals surface area contributed by atoms with Crippen molar-refractivity contribution < 1.29 is 4.74 Å². The van der Waals surface area contributed by atoms with Crippen LogP contribution in [0.2, 0.25) is 0 Å². The van der Waals surface area contributed by atoms with Crippen LogP contribution in [0.1, 0.15) is 26.3 Å². The van der Waals surface area contributed by atoms with Gasteiger partial charge in [0.05, 0.1) is 5.69 Å². The maximum atomic E-state index is 7.22. The summed E-state index contributed by atoms with van der Waals surface area (Å²) in [6, 6.07) is 92.0. The van der Waals surface area contributed by atoms with Crippen molar-refractivity contribution >= 4 is 72.5 Å². The molecule has 12 aromatic rings. The number of ether oxygens (including phenoxy) is 1. The number of hydrogen-bond donors (Lipinski definition) is 0. The normalized spacial score (nSPS) is 12.6. The van der Waals surface area contributed by atoms with Crippen LogP contribution >= 0.6 is 0 Å². The van der Waals surface area contributed by atoms with Gasteiger partial charge in [0.1, 0.15) is 11.5 Å². The van der Waals surface area contributed by atoms with Gasteiger partial charge in [0.15, 0.2) is 0 Å². The summed E-state index contributed by atoms with van der Waals surface area (Å²) in [5, 5.41) is 7.41. The molecule has 0 aromatic heterocycles. The largest absolute Gasteiger partial charge is 0.458 e. The van der Waals surface area contributed by atoms with Gasteiger partial charge in [0.2, 0.25) is 0 Å². The van der Waals surface area contributed by atoms with Gasteiger partial charge in [0.25, 0.3) is 6.71 Å². The van der Waals surface area contributed by atoms with Gasteiger partial charge >= 0.3 is 0 Å². The van der Waals surface area contributed by atoms with E-state index in [4.69, 9.17) is 4.74 Å². The lowest BCUT2D eigenvalue weighted by Gasteiger charge is -2.42. The smallest absolute Gasteiger partial charge is 0.256 e. The SMILES string of the molecule is CC(C)(C)c1cc2c3c(c1)N(c1c(-c4ccccc4)cccc1-c1ccccc1)c1cc(-c4c5ccccc5c(-c5cccc6ccccc56)c5ccccc45)ccc1B3c1cc(-c3ccccc3)ccc1O2. The van der Waals surface area contributed by atoms with Crippen LogP contribution in [0.15, 0.2) is 249 Å². The number of nitrogens with zero attached hydrogens (tertiary/aromatic N) is 1. The molecule has 14 rings (SSSR count). The highest BCUT2D eigenvalue weighted by Crippen LogP contribution is 2.52. The quantitative estimate of drug-likeness (QED) is 0.122. The monoisotopic (exact) mass is 931 g/mol. The van der Waals surface area contributed by atoms with E-state index in [0.717, 1.165) is 50.8 Å². The number of para-hydroxylation sites is 1. The average Bonchev–Trinajstić information content (AvgIpc) is 3.44. The van der Waals surface area contributed by atoms with Crippen molar-refractivity contribution in [2.24, 2.45) is 0 Å². The Morgan fingerprint density at radius 3 is 1.51 bits per heavy atom. The number of anilines is 3. The first-order chi connectivity index (χ1) is 35.9. The topological polar surface area (TPSA) is 12.5 Å². The number of fused-ring (bicyclic) bond motifs is 7. The molecule has 12 aromatic carbocycles. The van der Waals surface area contributed by atoms with Crippen LogP contribution in [0.4, 0.5) is 17.1 Å². The predicted octanol–water partition coefficient (Wildman–Crippen LogP) is 17.2. The maximum absolute atomic E-state index is 7.22. The molecule has 0 amide bonds. The Morgan fingerprint density at radius 2 is 0.877 bits per heavy atom. The third-order valence-corrected chi connectivity index (χ3v) is 15.5. The zero-order chi connectivity index (χ0) is 48.8. The molecule has 2 nitrogen and oxygen atoms in total. The number of hydrogen-bond acceptors (Lipinski definition) is 2. The van der Waals surface area contributed by atoms with Crippen LogP contribution < -0.4 is 26.0 Å². The summed E-state index contributed by atoms with van der Waals surface area (Å²) in [5.74, 6) is 1.81. The fourth-order valence-electron chi connectivity index (χ4n) is 12.0. The first-order valence-electron chi connectivity index (χ1n) is 25.5. The van der Waals surface area contributed by atoms with E-state index in [1.54, 1.807) is 0 Å². The molecule has 0 aliphatic carbocycles. The van der Waals surface area contributed by atoms with Crippen LogP contribution in [0.3, 0.4) is 0 Å². The standard InChI is InChI=1S/C70H50BNO/c1-70(2,3)51-43-63-68-65(44-51)73-64-40-38-49(45-21-7-4-8-22-45)41-61(64)71(68)60-39-37-50(42-62(60)72(63)69-53(47-23-9-5-10-24-47)34-20-35-54(69)48-25-11-6-12-26-48)66-56-30-15-17-32-58(56)67(59-33-18-16-31-57(59)66)55-36-19-28-46-27-13-14-29-52(46)55/h4-44H,1-3H3. The van der Waals surface area contributed by atoms with E-state index in [0.29, 0.717) is 0 Å². The van der Waals surface area contributed by atoms with Gasteiger partial charge < -0.3 is 9.64 Å². The number of rotatable bonds is 6. The van der Waals surface area contributed by atoms with Gasteiger partial charge in [-0.05, 0) is 128 Å². The summed E-state index contributed by atoms with van der Waals surface area (Å²) < 4.78 is 7.22. The Kier molecular flexibility index (Phi) is 9.91. The highest BCUT2D eigenvalue weighted by Gasteiger charge is 2.44. The van der Waals surface area contributed by atoms with Crippen LogP contribution in [0, 0.1) is 0 Å². The van der Waals surface area contributed by atoms with Crippen LogP contribution in [-0.2, 0) is 5.41 Å². The van der Waals surface area contributed by atoms with E-state index in [-0.39, 0.29) is 12.1 Å². The van der Waals surface area contributed by atoms with Gasteiger partial charge in [-0.25, -0.2) is 0 Å². The minimum atomic E-state index is -0.180. The fraction of sp³-hybridized carbons (Fsp3) is 0.0571. The van der Waals surface area contributed by atoms with Gasteiger partial charge in [-0.15, -0.1) is 0 Å². The summed E-state index contributed by atoms with van der Waals surface area (Å²) >= 11 is 0. The van der Waals surface area contributed by atoms with Gasteiger partial charge in [-0.1, -0.05) is 245 Å². The van der Waals surface area contributed by atoms with E-state index in [1.165, 1.54) is 87.6 Å². The van der Waals surface area contributed by atoms with Crippen molar-refractivity contribution in [3.63, 3.8) is 0 Å². The van der Waals surface area contributed by atoms with Gasteiger partial charge in [-0.3, -0.25) is 0 Å². The Hall–Kier alpha value is -8.92. The first-order valence-corrected chi connectivity index (χ1v) is 25.5. The molecule has 73 heavy (non-hydrogen) atoms. The van der Waals surface area contributed by atoms with Crippen molar-refractivity contribution in [2.75, 3.05) is 4.90 Å². The van der Waals surface area contributed by atoms with E-state index in [9.17, 15) is 0 Å². The summed E-state index contributed by atoms with van der Waals surface area (Å²) in [7, 11) is 0. The average molecular weight is 932 g/mol. The molecule has 0 saturated carbocycles. The molecule has 0 atom stereocenters. The molecule has 2 aliphatic rings. The predicted molar refractivity (Wildman–Crippen MR) is 311 cm³/mol. The Bertz CT molecular complexity index is 4040. The maximum Gasteiger partial charge on any atom is 0.256 e.